The summed E-state index contributed by atoms with van der Waals surface area (Å²) in [5.41, 5.74) is 2.57. The molecule has 0 spiro atoms. The van der Waals surface area contributed by atoms with Crippen LogP contribution in [0.2, 0.25) is 0 Å². The van der Waals surface area contributed by atoms with Crippen LogP contribution in [0.5, 0.6) is 5.75 Å². The monoisotopic (exact) mass is 365 g/mol. The summed E-state index contributed by atoms with van der Waals surface area (Å²) < 4.78 is 6.72. The molecule has 3 rings (SSSR count). The first-order valence-corrected chi connectivity index (χ1v) is 8.17. The van der Waals surface area contributed by atoms with Crippen molar-refractivity contribution in [2.45, 2.75) is 17.2 Å². The number of benzene rings is 1. The van der Waals surface area contributed by atoms with Gasteiger partial charge in [0.15, 0.2) is 0 Å². The number of fused-ring (bicyclic) bond motifs is 1. The van der Waals surface area contributed by atoms with Crippen LogP contribution in [0.3, 0.4) is 0 Å². The molecule has 0 bridgehead atoms. The van der Waals surface area contributed by atoms with Gasteiger partial charge in [0.05, 0.1) is 17.2 Å². The number of hydrogen-bond donors (Lipinski definition) is 1. The molecule has 2 heterocycles. The number of rotatable bonds is 4. The third-order valence-electron chi connectivity index (χ3n) is 3.18. The molecule has 2 aromatic rings. The Bertz CT molecular complexity index is 705. The summed E-state index contributed by atoms with van der Waals surface area (Å²) in [6.07, 6.45) is 2.45. The maximum atomic E-state index is 11.0. The van der Waals surface area contributed by atoms with Gasteiger partial charge < -0.3 is 9.84 Å². The van der Waals surface area contributed by atoms with Crippen molar-refractivity contribution in [1.82, 2.24) is 4.98 Å². The average Bonchev–Trinajstić information content (AvgIpc) is 2.93. The van der Waals surface area contributed by atoms with Crippen LogP contribution >= 0.6 is 27.7 Å². The molecule has 0 saturated heterocycles. The number of nitrogens with zero attached hydrogens (tertiary/aromatic N) is 1. The Labute approximate surface area is 134 Å². The van der Waals surface area contributed by atoms with Crippen LogP contribution < -0.4 is 4.74 Å². The van der Waals surface area contributed by atoms with Crippen LogP contribution in [0.4, 0.5) is 0 Å². The highest BCUT2D eigenvalue weighted by molar-refractivity contribution is 9.10. The number of ether oxygens (including phenoxy) is 1. The van der Waals surface area contributed by atoms with Crippen molar-refractivity contribution >= 4 is 33.7 Å². The number of aromatic nitrogens is 1. The van der Waals surface area contributed by atoms with Gasteiger partial charge >= 0.3 is 5.97 Å². The van der Waals surface area contributed by atoms with Crippen molar-refractivity contribution in [3.05, 3.63) is 51.6 Å². The van der Waals surface area contributed by atoms with Gasteiger partial charge in [-0.15, -0.1) is 11.8 Å². The van der Waals surface area contributed by atoms with Gasteiger partial charge in [-0.1, -0.05) is 15.9 Å². The van der Waals surface area contributed by atoms with Gasteiger partial charge in [-0.2, -0.15) is 0 Å². The highest BCUT2D eigenvalue weighted by atomic mass is 79.9. The zero-order chi connectivity index (χ0) is 14.8. The Morgan fingerprint density at radius 3 is 3.10 bits per heavy atom. The second-order valence-corrected chi connectivity index (χ2v) is 6.54. The van der Waals surface area contributed by atoms with Crippen LogP contribution in [0, 0.1) is 0 Å². The Balaban J connectivity index is 1.79. The highest BCUT2D eigenvalue weighted by Gasteiger charge is 2.17. The topological polar surface area (TPSA) is 59.4 Å². The summed E-state index contributed by atoms with van der Waals surface area (Å²) in [5, 5.41) is 9.69. The zero-order valence-corrected chi connectivity index (χ0v) is 13.4. The van der Waals surface area contributed by atoms with Crippen LogP contribution in [0.15, 0.2) is 40.0 Å². The largest absolute Gasteiger partial charge is 0.493 e. The first-order chi connectivity index (χ1) is 10.1. The first-order valence-electron chi connectivity index (χ1n) is 6.40. The fourth-order valence-corrected chi connectivity index (χ4v) is 3.64. The quantitative estimate of drug-likeness (QED) is 0.835. The minimum absolute atomic E-state index is 0.253. The summed E-state index contributed by atoms with van der Waals surface area (Å²) in [5.74, 6) is 0.712. The predicted octanol–water partition coefficient (Wildman–Crippen LogP) is 3.77. The SMILES string of the molecule is O=C(O)c1ccnc(SCc2cc(Br)cc3c2OCC3)c1. The molecule has 0 atom stereocenters. The molecule has 0 aliphatic carbocycles. The maximum Gasteiger partial charge on any atom is 0.335 e. The lowest BCUT2D eigenvalue weighted by Crippen LogP contribution is -1.97. The second kappa shape index (κ2) is 6.07. The molecule has 0 amide bonds. The van der Waals surface area contributed by atoms with Crippen LogP contribution in [0.25, 0.3) is 0 Å². The number of carbonyl (C=O) groups is 1. The van der Waals surface area contributed by atoms with Gasteiger partial charge in [-0.25, -0.2) is 9.78 Å². The zero-order valence-electron chi connectivity index (χ0n) is 11.0. The van der Waals surface area contributed by atoms with Crippen molar-refractivity contribution in [3.8, 4) is 5.75 Å². The van der Waals surface area contributed by atoms with E-state index in [2.05, 4.69) is 27.0 Å². The first kappa shape index (κ1) is 14.4. The van der Waals surface area contributed by atoms with Crippen molar-refractivity contribution in [3.63, 3.8) is 0 Å². The maximum absolute atomic E-state index is 11.0. The van der Waals surface area contributed by atoms with E-state index in [4.69, 9.17) is 9.84 Å². The van der Waals surface area contributed by atoms with E-state index in [1.54, 1.807) is 6.07 Å². The number of carboxylic acid groups (broad SMARTS) is 1. The fraction of sp³-hybridized carbons (Fsp3) is 0.200. The summed E-state index contributed by atoms with van der Waals surface area (Å²) in [6, 6.07) is 7.20. The lowest BCUT2D eigenvalue weighted by Gasteiger charge is -2.09. The third kappa shape index (κ3) is 3.22. The average molecular weight is 366 g/mol. The molecule has 0 unspecified atom stereocenters. The number of aromatic carboxylic acids is 1. The van der Waals surface area contributed by atoms with Gasteiger partial charge in [0, 0.05) is 28.4 Å². The van der Waals surface area contributed by atoms with Gasteiger partial charge in [0.1, 0.15) is 5.75 Å². The minimum Gasteiger partial charge on any atom is -0.493 e. The van der Waals surface area contributed by atoms with E-state index in [1.165, 1.54) is 29.6 Å². The fourth-order valence-electron chi connectivity index (χ4n) is 2.23. The van der Waals surface area contributed by atoms with E-state index in [9.17, 15) is 4.79 Å². The minimum atomic E-state index is -0.939. The molecule has 4 nitrogen and oxygen atoms in total. The van der Waals surface area contributed by atoms with E-state index in [1.807, 2.05) is 6.07 Å². The molecule has 1 N–H and O–H groups in total. The molecule has 1 aliphatic rings. The molecule has 0 saturated carbocycles. The van der Waals surface area contributed by atoms with Gasteiger partial charge in [-0.3, -0.25) is 0 Å². The smallest absolute Gasteiger partial charge is 0.335 e. The molecule has 1 aromatic carbocycles. The normalized spacial score (nSPS) is 12.8. The Hall–Kier alpha value is -1.53. The van der Waals surface area contributed by atoms with Crippen molar-refractivity contribution in [2.75, 3.05) is 6.61 Å². The summed E-state index contributed by atoms with van der Waals surface area (Å²) in [6.45, 7) is 0.718. The van der Waals surface area contributed by atoms with E-state index in [0.29, 0.717) is 10.8 Å². The Morgan fingerprint density at radius 1 is 1.43 bits per heavy atom. The van der Waals surface area contributed by atoms with Crippen LogP contribution in [-0.2, 0) is 12.2 Å². The molecule has 1 aromatic heterocycles. The second-order valence-electron chi connectivity index (χ2n) is 4.63. The van der Waals surface area contributed by atoms with E-state index in [-0.39, 0.29) is 5.56 Å². The molecular formula is C15H12BrNO3S. The van der Waals surface area contributed by atoms with Crippen LogP contribution in [0.1, 0.15) is 21.5 Å². The third-order valence-corrected chi connectivity index (χ3v) is 4.61. The van der Waals surface area contributed by atoms with Gasteiger partial charge in [0.2, 0.25) is 0 Å². The van der Waals surface area contributed by atoms with E-state index < -0.39 is 5.97 Å². The highest BCUT2D eigenvalue weighted by Crippen LogP contribution is 2.36. The molecule has 1 aliphatic heterocycles. The van der Waals surface area contributed by atoms with E-state index in [0.717, 1.165) is 28.8 Å². The number of pyridine rings is 1. The van der Waals surface area contributed by atoms with Crippen molar-refractivity contribution in [2.24, 2.45) is 0 Å². The molecular weight excluding hydrogens is 354 g/mol. The Morgan fingerprint density at radius 2 is 2.29 bits per heavy atom. The molecule has 21 heavy (non-hydrogen) atoms. The standard InChI is InChI=1S/C15H12BrNO3S/c16-12-5-9-2-4-20-14(9)11(6-12)8-21-13-7-10(15(18)19)1-3-17-13/h1,3,5-7H,2,4,8H2,(H,18,19). The summed E-state index contributed by atoms with van der Waals surface area (Å²) in [4.78, 5) is 15.2. The summed E-state index contributed by atoms with van der Waals surface area (Å²) in [7, 11) is 0. The molecule has 108 valence electrons. The number of thioether (sulfide) groups is 1. The molecule has 6 heteroatoms. The molecule has 0 radical (unpaired) electrons. The van der Waals surface area contributed by atoms with Crippen LogP contribution in [-0.4, -0.2) is 22.7 Å². The number of carboxylic acids is 1. The Kier molecular flexibility index (Phi) is 4.17. The van der Waals surface area contributed by atoms with Gasteiger partial charge in [-0.05, 0) is 29.8 Å². The lowest BCUT2D eigenvalue weighted by molar-refractivity contribution is 0.0696. The number of hydrogen-bond acceptors (Lipinski definition) is 4. The molecule has 0 fully saturated rings. The van der Waals surface area contributed by atoms with Crippen molar-refractivity contribution in [1.29, 1.82) is 0 Å². The van der Waals surface area contributed by atoms with Gasteiger partial charge in [0.25, 0.3) is 0 Å². The summed E-state index contributed by atoms with van der Waals surface area (Å²) >= 11 is 5.02. The predicted molar refractivity (Wildman–Crippen MR) is 84.1 cm³/mol. The lowest BCUT2D eigenvalue weighted by atomic mass is 10.1. The van der Waals surface area contributed by atoms with Crippen molar-refractivity contribution < 1.29 is 14.6 Å². The number of halogens is 1. The van der Waals surface area contributed by atoms with E-state index >= 15 is 0 Å².